The van der Waals surface area contributed by atoms with Crippen LogP contribution >= 0.6 is 0 Å². The molecule has 0 bridgehead atoms. The highest BCUT2D eigenvalue weighted by molar-refractivity contribution is 6.06. The van der Waals surface area contributed by atoms with Gasteiger partial charge >= 0.3 is 0 Å². The van der Waals surface area contributed by atoms with E-state index in [0.29, 0.717) is 6.54 Å². The SMILES string of the molecule is Cc1ccc(Cn2ccc(C(=O)C=C(O)c3nc[nH]n3)n2)cc1. The summed E-state index contributed by atoms with van der Waals surface area (Å²) in [5.74, 6) is -0.642. The second kappa shape index (κ2) is 6.27. The van der Waals surface area contributed by atoms with Crippen molar-refractivity contribution in [2.75, 3.05) is 0 Å². The van der Waals surface area contributed by atoms with Gasteiger partial charge in [0.1, 0.15) is 12.0 Å². The van der Waals surface area contributed by atoms with E-state index in [1.54, 1.807) is 16.9 Å². The molecule has 0 radical (unpaired) electrons. The lowest BCUT2D eigenvalue weighted by Crippen LogP contribution is -2.04. The monoisotopic (exact) mass is 309 g/mol. The van der Waals surface area contributed by atoms with E-state index in [1.807, 2.05) is 31.2 Å². The zero-order chi connectivity index (χ0) is 16.2. The molecule has 1 aromatic carbocycles. The van der Waals surface area contributed by atoms with E-state index in [1.165, 1.54) is 11.9 Å². The number of carbonyl (C=O) groups excluding carboxylic acids is 1. The molecule has 0 aliphatic rings. The van der Waals surface area contributed by atoms with Gasteiger partial charge in [0.2, 0.25) is 11.6 Å². The topological polar surface area (TPSA) is 96.7 Å². The summed E-state index contributed by atoms with van der Waals surface area (Å²) in [4.78, 5) is 15.9. The molecule has 2 heterocycles. The Morgan fingerprint density at radius 3 is 2.78 bits per heavy atom. The third-order valence-electron chi connectivity index (χ3n) is 3.27. The van der Waals surface area contributed by atoms with E-state index < -0.39 is 5.78 Å². The maximum Gasteiger partial charge on any atom is 0.215 e. The molecule has 0 amide bonds. The lowest BCUT2D eigenvalue weighted by Gasteiger charge is -2.02. The number of aliphatic hydroxyl groups excluding tert-OH is 1. The maximum atomic E-state index is 12.1. The van der Waals surface area contributed by atoms with E-state index in [-0.39, 0.29) is 17.3 Å². The molecule has 3 aromatic rings. The summed E-state index contributed by atoms with van der Waals surface area (Å²) in [5, 5.41) is 20.2. The Balaban J connectivity index is 1.72. The highest BCUT2D eigenvalue weighted by Crippen LogP contribution is 2.09. The molecular weight excluding hydrogens is 294 g/mol. The first kappa shape index (κ1) is 14.7. The summed E-state index contributed by atoms with van der Waals surface area (Å²) >= 11 is 0. The Morgan fingerprint density at radius 1 is 1.30 bits per heavy atom. The van der Waals surface area contributed by atoms with Gasteiger partial charge in [-0.15, -0.1) is 0 Å². The number of aliphatic hydroxyl groups is 1. The van der Waals surface area contributed by atoms with Crippen LogP contribution < -0.4 is 0 Å². The van der Waals surface area contributed by atoms with Crippen LogP contribution in [0, 0.1) is 6.92 Å². The van der Waals surface area contributed by atoms with Gasteiger partial charge in [0, 0.05) is 12.3 Å². The van der Waals surface area contributed by atoms with Crippen LogP contribution in [0.15, 0.2) is 48.9 Å². The number of hydrogen-bond donors (Lipinski definition) is 2. The van der Waals surface area contributed by atoms with Gasteiger partial charge in [0.15, 0.2) is 5.76 Å². The van der Waals surface area contributed by atoms with Crippen molar-refractivity contribution in [1.82, 2.24) is 25.0 Å². The summed E-state index contributed by atoms with van der Waals surface area (Å²) in [6.07, 6.45) is 4.10. The van der Waals surface area contributed by atoms with Crippen molar-refractivity contribution < 1.29 is 9.90 Å². The van der Waals surface area contributed by atoms with Gasteiger partial charge in [0.25, 0.3) is 0 Å². The molecule has 0 saturated heterocycles. The molecule has 23 heavy (non-hydrogen) atoms. The van der Waals surface area contributed by atoms with Gasteiger partial charge in [-0.25, -0.2) is 4.98 Å². The van der Waals surface area contributed by atoms with Crippen molar-refractivity contribution in [2.24, 2.45) is 0 Å². The van der Waals surface area contributed by atoms with Crippen LogP contribution in [0.25, 0.3) is 5.76 Å². The molecule has 2 N–H and O–H groups in total. The van der Waals surface area contributed by atoms with E-state index in [2.05, 4.69) is 20.3 Å². The van der Waals surface area contributed by atoms with Gasteiger partial charge < -0.3 is 5.11 Å². The maximum absolute atomic E-state index is 12.1. The van der Waals surface area contributed by atoms with Crippen LogP contribution in [0.4, 0.5) is 0 Å². The number of carbonyl (C=O) groups is 1. The van der Waals surface area contributed by atoms with E-state index >= 15 is 0 Å². The predicted molar refractivity (Wildman–Crippen MR) is 83.8 cm³/mol. The van der Waals surface area contributed by atoms with Crippen LogP contribution in [0.3, 0.4) is 0 Å². The second-order valence-electron chi connectivity index (χ2n) is 5.10. The molecule has 0 aliphatic carbocycles. The number of benzene rings is 1. The molecule has 2 aromatic heterocycles. The van der Waals surface area contributed by atoms with Gasteiger partial charge in [0.05, 0.1) is 6.54 Å². The van der Waals surface area contributed by atoms with Crippen LogP contribution in [0.1, 0.15) is 27.4 Å². The number of nitrogens with zero attached hydrogens (tertiary/aromatic N) is 4. The molecule has 0 fully saturated rings. The molecule has 0 aliphatic heterocycles. The van der Waals surface area contributed by atoms with Crippen molar-refractivity contribution in [3.05, 3.63) is 71.6 Å². The van der Waals surface area contributed by atoms with Crippen LogP contribution in [-0.4, -0.2) is 35.9 Å². The summed E-state index contributed by atoms with van der Waals surface area (Å²) in [7, 11) is 0. The Labute approximate surface area is 132 Å². The molecule has 3 rings (SSSR count). The first-order valence-electron chi connectivity index (χ1n) is 7.02. The average Bonchev–Trinajstić information content (AvgIpc) is 3.21. The normalized spacial score (nSPS) is 11.6. The van der Waals surface area contributed by atoms with Gasteiger partial charge in [-0.05, 0) is 18.6 Å². The fraction of sp³-hybridized carbons (Fsp3) is 0.125. The first-order valence-corrected chi connectivity index (χ1v) is 7.02. The third kappa shape index (κ3) is 3.52. The molecule has 116 valence electrons. The van der Waals surface area contributed by atoms with E-state index in [9.17, 15) is 9.90 Å². The highest BCUT2D eigenvalue weighted by Gasteiger charge is 2.11. The predicted octanol–water partition coefficient (Wildman–Crippen LogP) is 2.14. The number of aromatic amines is 1. The smallest absolute Gasteiger partial charge is 0.215 e. The Kier molecular flexibility index (Phi) is 4.01. The summed E-state index contributed by atoms with van der Waals surface area (Å²) < 4.78 is 1.68. The fourth-order valence-corrected chi connectivity index (χ4v) is 2.06. The molecule has 0 atom stereocenters. The van der Waals surface area contributed by atoms with E-state index in [0.717, 1.165) is 11.6 Å². The van der Waals surface area contributed by atoms with Crippen molar-refractivity contribution in [3.8, 4) is 0 Å². The molecule has 0 unspecified atom stereocenters. The summed E-state index contributed by atoms with van der Waals surface area (Å²) in [5.41, 5.74) is 2.54. The van der Waals surface area contributed by atoms with Crippen LogP contribution in [-0.2, 0) is 6.54 Å². The van der Waals surface area contributed by atoms with Crippen molar-refractivity contribution >= 4 is 11.5 Å². The number of ketones is 1. The lowest BCUT2D eigenvalue weighted by atomic mass is 10.1. The number of aromatic nitrogens is 5. The Bertz CT molecular complexity index is 832. The highest BCUT2D eigenvalue weighted by atomic mass is 16.3. The molecule has 7 heteroatoms. The largest absolute Gasteiger partial charge is 0.504 e. The van der Waals surface area contributed by atoms with Gasteiger partial charge in [-0.3, -0.25) is 14.6 Å². The molecule has 0 spiro atoms. The average molecular weight is 309 g/mol. The quantitative estimate of drug-likeness (QED) is 0.427. The minimum Gasteiger partial charge on any atom is -0.504 e. The standard InChI is InChI=1S/C16H15N5O2/c1-11-2-4-12(5-3-11)9-21-7-6-13(20-21)14(22)8-15(23)16-17-10-18-19-16/h2-8,10,23H,9H2,1H3,(H,17,18,19). The number of H-pyrrole nitrogens is 1. The zero-order valence-corrected chi connectivity index (χ0v) is 12.5. The minimum absolute atomic E-state index is 0.0671. The number of rotatable bonds is 5. The zero-order valence-electron chi connectivity index (χ0n) is 12.5. The third-order valence-corrected chi connectivity index (χ3v) is 3.27. The first-order chi connectivity index (χ1) is 11.1. The number of nitrogens with one attached hydrogen (secondary N) is 1. The number of hydrogen-bond acceptors (Lipinski definition) is 5. The van der Waals surface area contributed by atoms with Gasteiger partial charge in [-0.1, -0.05) is 29.8 Å². The lowest BCUT2D eigenvalue weighted by molar-refractivity contribution is 0.104. The van der Waals surface area contributed by atoms with Gasteiger partial charge in [-0.2, -0.15) is 10.2 Å². The van der Waals surface area contributed by atoms with Crippen LogP contribution in [0.5, 0.6) is 0 Å². The van der Waals surface area contributed by atoms with Crippen molar-refractivity contribution in [3.63, 3.8) is 0 Å². The minimum atomic E-state index is -0.407. The van der Waals surface area contributed by atoms with Crippen molar-refractivity contribution in [1.29, 1.82) is 0 Å². The number of aryl methyl sites for hydroxylation is 1. The van der Waals surface area contributed by atoms with Crippen LogP contribution in [0.2, 0.25) is 0 Å². The molecule has 7 nitrogen and oxygen atoms in total. The van der Waals surface area contributed by atoms with Crippen molar-refractivity contribution in [2.45, 2.75) is 13.5 Å². The second-order valence-corrected chi connectivity index (χ2v) is 5.10. The number of allylic oxidation sites excluding steroid dienone is 1. The summed E-state index contributed by atoms with van der Waals surface area (Å²) in [6, 6.07) is 9.71. The van der Waals surface area contributed by atoms with E-state index in [4.69, 9.17) is 0 Å². The molecule has 0 saturated carbocycles. The Morgan fingerprint density at radius 2 is 2.09 bits per heavy atom. The fourth-order valence-electron chi connectivity index (χ4n) is 2.06. The Hall–Kier alpha value is -3.22. The molecular formula is C16H15N5O2. The summed E-state index contributed by atoms with van der Waals surface area (Å²) in [6.45, 7) is 2.60.